The molecular weight excluding hydrogens is 255 g/mol. The van der Waals surface area contributed by atoms with E-state index in [1.165, 1.54) is 17.8 Å². The highest BCUT2D eigenvalue weighted by molar-refractivity contribution is 5.94. The fraction of sp³-hybridized carbons (Fsp3) is 0.312. The van der Waals surface area contributed by atoms with Gasteiger partial charge in [-0.25, -0.2) is 4.39 Å². The van der Waals surface area contributed by atoms with Crippen molar-refractivity contribution in [2.45, 2.75) is 26.4 Å². The van der Waals surface area contributed by atoms with Crippen molar-refractivity contribution >= 4 is 5.91 Å². The molecule has 0 radical (unpaired) electrons. The summed E-state index contributed by atoms with van der Waals surface area (Å²) in [6.07, 6.45) is 0. The summed E-state index contributed by atoms with van der Waals surface area (Å²) in [5.41, 5.74) is 2.92. The van der Waals surface area contributed by atoms with E-state index in [1.54, 1.807) is 12.1 Å². The van der Waals surface area contributed by atoms with Gasteiger partial charge < -0.3 is 9.47 Å². The fourth-order valence-electron chi connectivity index (χ4n) is 2.86. The molecule has 3 rings (SSSR count). The molecule has 0 saturated heterocycles. The summed E-state index contributed by atoms with van der Waals surface area (Å²) in [6, 6.07) is 9.94. The van der Waals surface area contributed by atoms with Crippen LogP contribution in [-0.4, -0.2) is 21.9 Å². The predicted molar refractivity (Wildman–Crippen MR) is 75.0 cm³/mol. The smallest absolute Gasteiger partial charge is 0.254 e. The third kappa shape index (κ3) is 2.01. The van der Waals surface area contributed by atoms with Crippen LogP contribution in [0.5, 0.6) is 0 Å². The molecule has 1 aromatic carbocycles. The summed E-state index contributed by atoms with van der Waals surface area (Å²) in [4.78, 5) is 14.4. The Hall–Kier alpha value is -2.10. The van der Waals surface area contributed by atoms with Crippen molar-refractivity contribution in [3.05, 3.63) is 59.2 Å². The summed E-state index contributed by atoms with van der Waals surface area (Å²) >= 11 is 0. The van der Waals surface area contributed by atoms with Gasteiger partial charge in [0.05, 0.1) is 6.04 Å². The van der Waals surface area contributed by atoms with Crippen molar-refractivity contribution < 1.29 is 9.18 Å². The molecule has 4 heteroatoms. The summed E-state index contributed by atoms with van der Waals surface area (Å²) < 4.78 is 15.2. The molecule has 1 aromatic heterocycles. The Labute approximate surface area is 117 Å². The van der Waals surface area contributed by atoms with Crippen LogP contribution in [0.25, 0.3) is 0 Å². The minimum absolute atomic E-state index is 0.0370. The molecule has 1 atom stereocenters. The van der Waals surface area contributed by atoms with E-state index < -0.39 is 0 Å². The molecular formula is C16H17FN2O. The zero-order chi connectivity index (χ0) is 14.3. The van der Waals surface area contributed by atoms with E-state index in [1.807, 2.05) is 11.8 Å². The fourth-order valence-corrected chi connectivity index (χ4v) is 2.86. The monoisotopic (exact) mass is 272 g/mol. The lowest BCUT2D eigenvalue weighted by Gasteiger charge is -2.35. The predicted octanol–water partition coefficient (Wildman–Crippen LogP) is 3.15. The minimum atomic E-state index is -0.322. The zero-order valence-corrected chi connectivity index (χ0v) is 11.6. The highest BCUT2D eigenvalue weighted by Crippen LogP contribution is 2.28. The molecule has 3 nitrogen and oxygen atoms in total. The van der Waals surface area contributed by atoms with Gasteiger partial charge in [-0.3, -0.25) is 4.79 Å². The van der Waals surface area contributed by atoms with Crippen LogP contribution < -0.4 is 0 Å². The van der Waals surface area contributed by atoms with Crippen LogP contribution in [0.1, 0.15) is 34.7 Å². The van der Waals surface area contributed by atoms with Gasteiger partial charge in [0.25, 0.3) is 5.91 Å². The second-order valence-corrected chi connectivity index (χ2v) is 5.23. The highest BCUT2D eigenvalue weighted by atomic mass is 19.1. The van der Waals surface area contributed by atoms with Crippen LogP contribution in [0, 0.1) is 12.7 Å². The molecule has 0 aliphatic carbocycles. The van der Waals surface area contributed by atoms with Crippen molar-refractivity contribution in [2.24, 2.45) is 0 Å². The van der Waals surface area contributed by atoms with Gasteiger partial charge in [0.2, 0.25) is 0 Å². The number of carbonyl (C=O) groups excluding carboxylic acids is 1. The Morgan fingerprint density at radius 3 is 2.55 bits per heavy atom. The quantitative estimate of drug-likeness (QED) is 0.783. The van der Waals surface area contributed by atoms with Crippen LogP contribution in [0.3, 0.4) is 0 Å². The SMILES string of the molecule is Cc1ccc2n1CCN(C(=O)c1ccc(F)cc1)C2C. The molecule has 20 heavy (non-hydrogen) atoms. The van der Waals surface area contributed by atoms with E-state index in [-0.39, 0.29) is 17.8 Å². The summed E-state index contributed by atoms with van der Waals surface area (Å²) in [5, 5.41) is 0. The topological polar surface area (TPSA) is 25.2 Å². The molecule has 2 heterocycles. The number of hydrogen-bond acceptors (Lipinski definition) is 1. The van der Waals surface area contributed by atoms with Crippen LogP contribution in [0.2, 0.25) is 0 Å². The average molecular weight is 272 g/mol. The van der Waals surface area contributed by atoms with Gasteiger partial charge in [0.1, 0.15) is 5.82 Å². The molecule has 0 fully saturated rings. The molecule has 1 amide bonds. The Morgan fingerprint density at radius 1 is 1.15 bits per heavy atom. The van der Waals surface area contributed by atoms with Gasteiger partial charge >= 0.3 is 0 Å². The van der Waals surface area contributed by atoms with E-state index in [4.69, 9.17) is 0 Å². The number of benzene rings is 1. The number of carbonyl (C=O) groups is 1. The Kier molecular flexibility index (Phi) is 3.08. The Morgan fingerprint density at radius 2 is 1.85 bits per heavy atom. The first-order valence-corrected chi connectivity index (χ1v) is 6.80. The molecule has 1 unspecified atom stereocenters. The van der Waals surface area contributed by atoms with E-state index in [0.717, 1.165) is 12.2 Å². The lowest BCUT2D eigenvalue weighted by molar-refractivity contribution is 0.0643. The first-order chi connectivity index (χ1) is 9.58. The van der Waals surface area contributed by atoms with E-state index in [0.29, 0.717) is 12.1 Å². The van der Waals surface area contributed by atoms with Gasteiger partial charge in [0, 0.05) is 30.0 Å². The van der Waals surface area contributed by atoms with Gasteiger partial charge in [-0.2, -0.15) is 0 Å². The second-order valence-electron chi connectivity index (χ2n) is 5.23. The van der Waals surface area contributed by atoms with Crippen molar-refractivity contribution in [3.8, 4) is 0 Å². The van der Waals surface area contributed by atoms with Crippen LogP contribution >= 0.6 is 0 Å². The van der Waals surface area contributed by atoms with Crippen molar-refractivity contribution in [3.63, 3.8) is 0 Å². The molecule has 1 aliphatic heterocycles. The number of amides is 1. The number of fused-ring (bicyclic) bond motifs is 1. The first-order valence-electron chi connectivity index (χ1n) is 6.80. The molecule has 0 N–H and O–H groups in total. The number of aromatic nitrogens is 1. The van der Waals surface area contributed by atoms with Gasteiger partial charge in [-0.1, -0.05) is 0 Å². The van der Waals surface area contributed by atoms with Crippen LogP contribution in [0.15, 0.2) is 36.4 Å². The van der Waals surface area contributed by atoms with Gasteiger partial charge in [0.15, 0.2) is 0 Å². The minimum Gasteiger partial charge on any atom is -0.345 e. The number of hydrogen-bond donors (Lipinski definition) is 0. The van der Waals surface area contributed by atoms with Crippen molar-refractivity contribution in [1.82, 2.24) is 9.47 Å². The lowest BCUT2D eigenvalue weighted by Crippen LogP contribution is -2.41. The summed E-state index contributed by atoms with van der Waals surface area (Å²) in [7, 11) is 0. The second kappa shape index (κ2) is 4.78. The van der Waals surface area contributed by atoms with Crippen LogP contribution in [0.4, 0.5) is 4.39 Å². The largest absolute Gasteiger partial charge is 0.345 e. The van der Waals surface area contributed by atoms with Crippen LogP contribution in [-0.2, 0) is 6.54 Å². The molecule has 0 saturated carbocycles. The number of aryl methyl sites for hydroxylation is 1. The highest BCUT2D eigenvalue weighted by Gasteiger charge is 2.28. The number of rotatable bonds is 1. The van der Waals surface area contributed by atoms with Gasteiger partial charge in [-0.05, 0) is 50.2 Å². The summed E-state index contributed by atoms with van der Waals surface area (Å²) in [6.45, 7) is 5.60. The van der Waals surface area contributed by atoms with Gasteiger partial charge in [-0.15, -0.1) is 0 Å². The molecule has 2 aromatic rings. The lowest BCUT2D eigenvalue weighted by atomic mass is 10.1. The molecule has 1 aliphatic rings. The molecule has 0 spiro atoms. The third-order valence-corrected chi connectivity index (χ3v) is 4.04. The van der Waals surface area contributed by atoms with E-state index >= 15 is 0 Å². The maximum Gasteiger partial charge on any atom is 0.254 e. The van der Waals surface area contributed by atoms with E-state index in [2.05, 4.69) is 23.6 Å². The maximum atomic E-state index is 12.9. The summed E-state index contributed by atoms with van der Waals surface area (Å²) in [5.74, 6) is -0.361. The zero-order valence-electron chi connectivity index (χ0n) is 11.6. The Bertz CT molecular complexity index is 645. The Balaban J connectivity index is 1.88. The third-order valence-electron chi connectivity index (χ3n) is 4.04. The number of nitrogens with zero attached hydrogens (tertiary/aromatic N) is 2. The normalized spacial score (nSPS) is 17.9. The van der Waals surface area contributed by atoms with Crippen molar-refractivity contribution in [1.29, 1.82) is 0 Å². The molecule has 0 bridgehead atoms. The van der Waals surface area contributed by atoms with Crippen molar-refractivity contribution in [2.75, 3.05) is 6.54 Å². The molecule has 104 valence electrons. The standard InChI is InChI=1S/C16H17FN2O/c1-11-3-8-15-12(2)19(10-9-18(11)15)16(20)13-4-6-14(17)7-5-13/h3-8,12H,9-10H2,1-2H3. The first kappa shape index (κ1) is 12.9. The maximum absolute atomic E-state index is 12.9. The van der Waals surface area contributed by atoms with E-state index in [9.17, 15) is 9.18 Å². The average Bonchev–Trinajstić information content (AvgIpc) is 2.82. The number of halogens is 1.